The fourth-order valence-electron chi connectivity index (χ4n) is 2.77. The minimum Gasteiger partial charge on any atom is -0.327 e. The number of hydrogen-bond acceptors (Lipinski definition) is 4. The highest BCUT2D eigenvalue weighted by Crippen LogP contribution is 2.20. The lowest BCUT2D eigenvalue weighted by Gasteiger charge is -2.19. The predicted molar refractivity (Wildman–Crippen MR) is 99.5 cm³/mol. The number of nitrogens with one attached hydrogen (secondary N) is 2. The second-order valence-corrected chi connectivity index (χ2v) is 6.38. The number of benzene rings is 1. The number of anilines is 1. The number of aromatic amines is 1. The van der Waals surface area contributed by atoms with E-state index in [-0.39, 0.29) is 6.03 Å². The molecule has 2 aromatic heterocycles. The molecule has 0 fully saturated rings. The SMILES string of the molecule is Cc1ccc(-n2cnnc2)cc1NC(=O)N(C)CCc1c(C)n[nH]c1C. The number of rotatable bonds is 5. The molecule has 0 aliphatic carbocycles. The number of urea groups is 1. The molecule has 3 aromatic rings. The van der Waals surface area contributed by atoms with Gasteiger partial charge >= 0.3 is 6.03 Å². The van der Waals surface area contributed by atoms with Gasteiger partial charge in [-0.1, -0.05) is 6.07 Å². The summed E-state index contributed by atoms with van der Waals surface area (Å²) in [6, 6.07) is 5.69. The molecule has 2 heterocycles. The van der Waals surface area contributed by atoms with Gasteiger partial charge in [-0.2, -0.15) is 5.10 Å². The van der Waals surface area contributed by atoms with Crippen molar-refractivity contribution >= 4 is 11.7 Å². The van der Waals surface area contributed by atoms with E-state index < -0.39 is 0 Å². The van der Waals surface area contributed by atoms with Crippen LogP contribution in [0.1, 0.15) is 22.5 Å². The maximum Gasteiger partial charge on any atom is 0.321 e. The second kappa shape index (κ2) is 7.38. The van der Waals surface area contributed by atoms with Crippen molar-refractivity contribution < 1.29 is 4.79 Å². The van der Waals surface area contributed by atoms with Gasteiger partial charge in [0.2, 0.25) is 0 Å². The first-order valence-electron chi connectivity index (χ1n) is 8.44. The van der Waals surface area contributed by atoms with Gasteiger partial charge in [-0.15, -0.1) is 10.2 Å². The Kier molecular flexibility index (Phi) is 5.01. The van der Waals surface area contributed by atoms with E-state index in [2.05, 4.69) is 25.7 Å². The first-order chi connectivity index (χ1) is 12.5. The lowest BCUT2D eigenvalue weighted by atomic mass is 10.1. The lowest BCUT2D eigenvalue weighted by Crippen LogP contribution is -2.33. The fraction of sp³-hybridized carbons (Fsp3) is 0.333. The summed E-state index contributed by atoms with van der Waals surface area (Å²) in [6.07, 6.45) is 4.01. The molecule has 8 nitrogen and oxygen atoms in total. The molecule has 2 N–H and O–H groups in total. The van der Waals surface area contributed by atoms with Gasteiger partial charge in [0.05, 0.1) is 11.4 Å². The highest BCUT2D eigenvalue weighted by molar-refractivity contribution is 5.90. The van der Waals surface area contributed by atoms with Gasteiger partial charge < -0.3 is 10.2 Å². The molecule has 0 spiro atoms. The number of carbonyl (C=O) groups excluding carboxylic acids is 1. The zero-order valence-electron chi connectivity index (χ0n) is 15.4. The summed E-state index contributed by atoms with van der Waals surface area (Å²) in [5.74, 6) is 0. The normalized spacial score (nSPS) is 10.8. The average molecular weight is 353 g/mol. The van der Waals surface area contributed by atoms with Crippen LogP contribution in [0.25, 0.3) is 5.69 Å². The minimum absolute atomic E-state index is 0.146. The Balaban J connectivity index is 1.66. The smallest absolute Gasteiger partial charge is 0.321 e. The van der Waals surface area contributed by atoms with Crippen LogP contribution in [0.3, 0.4) is 0 Å². The number of amides is 2. The lowest BCUT2D eigenvalue weighted by molar-refractivity contribution is 0.223. The molecular weight excluding hydrogens is 330 g/mol. The van der Waals surface area contributed by atoms with Crippen LogP contribution in [-0.2, 0) is 6.42 Å². The maximum atomic E-state index is 12.6. The molecule has 0 bridgehead atoms. The van der Waals surface area contributed by atoms with Crippen molar-refractivity contribution in [3.63, 3.8) is 0 Å². The van der Waals surface area contributed by atoms with E-state index in [1.807, 2.05) is 39.0 Å². The third-order valence-electron chi connectivity index (χ3n) is 4.50. The van der Waals surface area contributed by atoms with Gasteiger partial charge in [-0.05, 0) is 50.5 Å². The third kappa shape index (κ3) is 3.74. The molecule has 1 aromatic carbocycles. The summed E-state index contributed by atoms with van der Waals surface area (Å²) in [7, 11) is 1.79. The van der Waals surface area contributed by atoms with Gasteiger partial charge in [0.15, 0.2) is 0 Å². The van der Waals surface area contributed by atoms with Crippen LogP contribution in [0.5, 0.6) is 0 Å². The molecular formula is C18H23N7O. The molecule has 0 atom stereocenters. The Morgan fingerprint density at radius 2 is 1.96 bits per heavy atom. The zero-order valence-corrected chi connectivity index (χ0v) is 15.4. The first-order valence-corrected chi connectivity index (χ1v) is 8.44. The molecule has 136 valence electrons. The Hall–Kier alpha value is -3.16. The summed E-state index contributed by atoms with van der Waals surface area (Å²) in [5, 5.41) is 17.8. The van der Waals surface area contributed by atoms with Gasteiger partial charge in [0, 0.05) is 25.0 Å². The first kappa shape index (κ1) is 17.7. The van der Waals surface area contributed by atoms with E-state index in [1.165, 1.54) is 0 Å². The third-order valence-corrected chi connectivity index (χ3v) is 4.50. The maximum absolute atomic E-state index is 12.6. The molecule has 0 aliphatic heterocycles. The van der Waals surface area contributed by atoms with E-state index in [9.17, 15) is 4.79 Å². The van der Waals surface area contributed by atoms with Crippen LogP contribution in [0.15, 0.2) is 30.9 Å². The summed E-state index contributed by atoms with van der Waals surface area (Å²) in [6.45, 7) is 6.54. The molecule has 3 rings (SSSR count). The summed E-state index contributed by atoms with van der Waals surface area (Å²) < 4.78 is 1.79. The predicted octanol–water partition coefficient (Wildman–Crippen LogP) is 2.62. The molecule has 0 saturated heterocycles. The molecule has 0 radical (unpaired) electrons. The standard InChI is InChI=1S/C18H23N7O/c1-12-5-6-15(25-10-19-20-11-25)9-17(12)21-18(26)24(4)8-7-16-13(2)22-23-14(16)3/h5-6,9-11H,7-8H2,1-4H3,(H,21,26)(H,22,23). The van der Waals surface area contributed by atoms with E-state index in [1.54, 1.807) is 29.2 Å². The van der Waals surface area contributed by atoms with Crippen LogP contribution in [0.4, 0.5) is 10.5 Å². The Morgan fingerprint density at radius 3 is 2.62 bits per heavy atom. The van der Waals surface area contributed by atoms with Gasteiger partial charge in [0.1, 0.15) is 12.7 Å². The minimum atomic E-state index is -0.146. The van der Waals surface area contributed by atoms with Crippen LogP contribution < -0.4 is 5.32 Å². The topological polar surface area (TPSA) is 91.7 Å². The largest absolute Gasteiger partial charge is 0.327 e. The molecule has 26 heavy (non-hydrogen) atoms. The Bertz CT molecular complexity index is 879. The number of likely N-dealkylation sites (N-methyl/N-ethyl adjacent to an activating group) is 1. The number of hydrogen-bond donors (Lipinski definition) is 2. The fourth-order valence-corrected chi connectivity index (χ4v) is 2.77. The van der Waals surface area contributed by atoms with Crippen LogP contribution in [0, 0.1) is 20.8 Å². The summed E-state index contributed by atoms with van der Waals surface area (Å²) >= 11 is 0. The van der Waals surface area contributed by atoms with Crippen molar-refractivity contribution in [2.45, 2.75) is 27.2 Å². The monoisotopic (exact) mass is 353 g/mol. The molecule has 0 saturated carbocycles. The van der Waals surface area contributed by atoms with Crippen molar-refractivity contribution in [1.29, 1.82) is 0 Å². The van der Waals surface area contributed by atoms with Crippen molar-refractivity contribution in [3.05, 3.63) is 53.4 Å². The van der Waals surface area contributed by atoms with Crippen molar-refractivity contribution in [1.82, 2.24) is 29.9 Å². The number of aromatic nitrogens is 5. The number of H-pyrrole nitrogens is 1. The quantitative estimate of drug-likeness (QED) is 0.737. The van der Waals surface area contributed by atoms with Crippen LogP contribution in [-0.4, -0.2) is 49.5 Å². The van der Waals surface area contributed by atoms with Crippen LogP contribution >= 0.6 is 0 Å². The zero-order chi connectivity index (χ0) is 18.7. The van der Waals surface area contributed by atoms with Crippen LogP contribution in [0.2, 0.25) is 0 Å². The number of nitrogens with zero attached hydrogens (tertiary/aromatic N) is 5. The van der Waals surface area contributed by atoms with Gasteiger partial charge in [0.25, 0.3) is 0 Å². The van der Waals surface area contributed by atoms with E-state index in [0.29, 0.717) is 6.54 Å². The molecule has 8 heteroatoms. The molecule has 2 amide bonds. The van der Waals surface area contributed by atoms with Gasteiger partial charge in [-0.25, -0.2) is 4.79 Å². The number of carbonyl (C=O) groups is 1. The summed E-state index contributed by atoms with van der Waals surface area (Å²) in [4.78, 5) is 14.2. The van der Waals surface area contributed by atoms with E-state index in [4.69, 9.17) is 0 Å². The Labute approximate surface area is 152 Å². The Morgan fingerprint density at radius 1 is 1.23 bits per heavy atom. The van der Waals surface area contributed by atoms with Crippen molar-refractivity contribution in [3.8, 4) is 5.69 Å². The highest BCUT2D eigenvalue weighted by Gasteiger charge is 2.13. The second-order valence-electron chi connectivity index (χ2n) is 6.38. The van der Waals surface area contributed by atoms with E-state index >= 15 is 0 Å². The average Bonchev–Trinajstić information content (AvgIpc) is 3.26. The molecule has 0 unspecified atom stereocenters. The van der Waals surface area contributed by atoms with Crippen molar-refractivity contribution in [2.24, 2.45) is 0 Å². The summed E-state index contributed by atoms with van der Waals surface area (Å²) in [5.41, 5.74) is 5.84. The van der Waals surface area contributed by atoms with Gasteiger partial charge in [-0.3, -0.25) is 9.67 Å². The highest BCUT2D eigenvalue weighted by atomic mass is 16.2. The van der Waals surface area contributed by atoms with Crippen molar-refractivity contribution in [2.75, 3.05) is 18.9 Å². The van der Waals surface area contributed by atoms with E-state index in [0.717, 1.165) is 40.3 Å². The number of aryl methyl sites for hydroxylation is 3. The molecule has 0 aliphatic rings.